The second-order valence-electron chi connectivity index (χ2n) is 2.97. The maximum absolute atomic E-state index is 11.0. The quantitative estimate of drug-likeness (QED) is 0.463. The number of hydrogen-bond donors (Lipinski definition) is 1. The van der Waals surface area contributed by atoms with Gasteiger partial charge in [-0.1, -0.05) is 18.2 Å². The van der Waals surface area contributed by atoms with Crippen LogP contribution in [-0.2, 0) is 7.05 Å². The minimum Gasteiger partial charge on any atom is -0.273 e. The fourth-order valence-corrected chi connectivity index (χ4v) is 2.11. The van der Waals surface area contributed by atoms with Crippen LogP contribution in [0.25, 0.3) is 0 Å². The van der Waals surface area contributed by atoms with Crippen LogP contribution in [0.4, 0.5) is 0 Å². The monoisotopic (exact) mass is 235 g/mol. The van der Waals surface area contributed by atoms with Crippen LogP contribution in [0.3, 0.4) is 0 Å². The third-order valence-electron chi connectivity index (χ3n) is 1.85. The first-order valence-electron chi connectivity index (χ1n) is 4.56. The van der Waals surface area contributed by atoms with Crippen LogP contribution in [-0.4, -0.2) is 26.4 Å². The van der Waals surface area contributed by atoms with Gasteiger partial charge >= 0.3 is 5.69 Å². The summed E-state index contributed by atoms with van der Waals surface area (Å²) in [5, 5.41) is 7.05. The molecule has 6 heteroatoms. The molecule has 0 aliphatic carbocycles. The summed E-state index contributed by atoms with van der Waals surface area (Å²) < 4.78 is 1.52. The summed E-state index contributed by atoms with van der Waals surface area (Å²) in [4.78, 5) is 11.0. The van der Waals surface area contributed by atoms with Crippen molar-refractivity contribution in [3.63, 3.8) is 0 Å². The molecule has 0 bridgehead atoms. The van der Waals surface area contributed by atoms with Gasteiger partial charge in [0.2, 0.25) is 0 Å². The van der Waals surface area contributed by atoms with E-state index in [0.29, 0.717) is 0 Å². The minimum absolute atomic E-state index is 0.159. The fourth-order valence-electron chi connectivity index (χ4n) is 0.998. The molecule has 0 spiro atoms. The number of H-pyrrole nitrogens is 1. The van der Waals surface area contributed by atoms with E-state index in [2.05, 4.69) is 10.2 Å². The average Bonchev–Trinajstić information content (AvgIpc) is 2.49. The Morgan fingerprint density at radius 3 is 2.86 bits per heavy atom. The normalized spacial score (nSPS) is 10.7. The zero-order valence-electron chi connectivity index (χ0n) is 8.12. The first-order chi connectivity index (χ1) is 6.75. The van der Waals surface area contributed by atoms with Crippen LogP contribution in [0, 0.1) is 0 Å². The highest BCUT2D eigenvalue weighted by Gasteiger charge is 2.03. The van der Waals surface area contributed by atoms with Gasteiger partial charge in [0.05, 0.1) is 0 Å². The van der Waals surface area contributed by atoms with Gasteiger partial charge in [-0.15, -0.1) is 16.7 Å². The smallest absolute Gasteiger partial charge is 0.273 e. The molecule has 0 aliphatic rings. The van der Waals surface area contributed by atoms with E-state index in [9.17, 15) is 4.79 Å². The molecule has 4 nitrogen and oxygen atoms in total. The number of halogens is 1. The van der Waals surface area contributed by atoms with Crippen LogP contribution in [0.1, 0.15) is 19.3 Å². The molecule has 1 rings (SSSR count). The zero-order chi connectivity index (χ0) is 10.4. The minimum atomic E-state index is -0.159. The van der Waals surface area contributed by atoms with Crippen LogP contribution in [0.15, 0.2) is 9.95 Å². The lowest BCUT2D eigenvalue weighted by Crippen LogP contribution is -2.12. The highest BCUT2D eigenvalue weighted by molar-refractivity contribution is 7.99. The summed E-state index contributed by atoms with van der Waals surface area (Å²) in [5.41, 5.74) is -0.159. The number of alkyl halides is 1. The molecule has 0 saturated heterocycles. The van der Waals surface area contributed by atoms with E-state index < -0.39 is 0 Å². The van der Waals surface area contributed by atoms with Gasteiger partial charge in [0.15, 0.2) is 5.16 Å². The summed E-state index contributed by atoms with van der Waals surface area (Å²) in [5.74, 6) is 1.71. The number of thioether (sulfide) groups is 1. The molecule has 14 heavy (non-hydrogen) atoms. The number of aromatic amines is 1. The Morgan fingerprint density at radius 2 is 2.29 bits per heavy atom. The Balaban J connectivity index is 2.25. The number of rotatable bonds is 6. The molecule has 0 aromatic carbocycles. The molecular formula is C8H14ClN3OS. The summed E-state index contributed by atoms with van der Waals surface area (Å²) >= 11 is 7.15. The Kier molecular flexibility index (Phi) is 5.11. The third kappa shape index (κ3) is 3.38. The van der Waals surface area contributed by atoms with Crippen molar-refractivity contribution >= 4 is 23.4 Å². The second kappa shape index (κ2) is 6.14. The molecular weight excluding hydrogens is 222 g/mol. The molecule has 0 unspecified atom stereocenters. The van der Waals surface area contributed by atoms with Crippen LogP contribution in [0.5, 0.6) is 0 Å². The topological polar surface area (TPSA) is 50.7 Å². The Labute approximate surface area is 92.0 Å². The molecule has 0 radical (unpaired) electrons. The maximum Gasteiger partial charge on any atom is 0.343 e. The highest BCUT2D eigenvalue weighted by atomic mass is 35.5. The summed E-state index contributed by atoms with van der Waals surface area (Å²) in [6, 6.07) is 0. The lowest BCUT2D eigenvalue weighted by atomic mass is 10.3. The molecule has 1 aromatic heterocycles. The van der Waals surface area contributed by atoms with E-state index in [0.717, 1.165) is 36.1 Å². The summed E-state index contributed by atoms with van der Waals surface area (Å²) in [7, 11) is 1.72. The first-order valence-corrected chi connectivity index (χ1v) is 6.08. The number of unbranched alkanes of at least 4 members (excludes halogenated alkanes) is 2. The molecule has 0 aliphatic heterocycles. The lowest BCUT2D eigenvalue weighted by Gasteiger charge is -1.98. The molecule has 0 fully saturated rings. The van der Waals surface area contributed by atoms with Crippen molar-refractivity contribution in [1.82, 2.24) is 14.8 Å². The van der Waals surface area contributed by atoms with Crippen LogP contribution >= 0.6 is 23.4 Å². The van der Waals surface area contributed by atoms with E-state index in [4.69, 9.17) is 11.6 Å². The van der Waals surface area contributed by atoms with E-state index >= 15 is 0 Å². The molecule has 1 heterocycles. The number of nitrogens with one attached hydrogen (secondary N) is 1. The van der Waals surface area contributed by atoms with Gasteiger partial charge in [-0.2, -0.15) is 0 Å². The maximum atomic E-state index is 11.0. The van der Waals surface area contributed by atoms with Gasteiger partial charge in [0.25, 0.3) is 0 Å². The standard InChI is InChI=1S/C8H14ClN3OS/c1-12-7(13)10-11-8(12)14-6-4-2-3-5-9/h2-6H2,1H3,(H,10,13). The largest absolute Gasteiger partial charge is 0.343 e. The predicted molar refractivity (Wildman–Crippen MR) is 59.1 cm³/mol. The van der Waals surface area contributed by atoms with Gasteiger partial charge in [-0.05, 0) is 12.8 Å². The van der Waals surface area contributed by atoms with Crippen LogP contribution < -0.4 is 5.69 Å². The Morgan fingerprint density at radius 1 is 1.50 bits per heavy atom. The Hall–Kier alpha value is -0.420. The molecule has 1 N–H and O–H groups in total. The van der Waals surface area contributed by atoms with Gasteiger partial charge in [0.1, 0.15) is 0 Å². The van der Waals surface area contributed by atoms with Crippen LogP contribution in [0.2, 0.25) is 0 Å². The molecule has 80 valence electrons. The first kappa shape index (κ1) is 11.7. The van der Waals surface area contributed by atoms with Crippen molar-refractivity contribution in [2.75, 3.05) is 11.6 Å². The SMILES string of the molecule is Cn1c(SCCCCCCl)n[nH]c1=O. The van der Waals surface area contributed by atoms with Gasteiger partial charge < -0.3 is 0 Å². The van der Waals surface area contributed by atoms with E-state index in [1.165, 1.54) is 4.57 Å². The zero-order valence-corrected chi connectivity index (χ0v) is 9.70. The fraction of sp³-hybridized carbons (Fsp3) is 0.750. The van der Waals surface area contributed by atoms with Gasteiger partial charge in [-0.25, -0.2) is 9.89 Å². The lowest BCUT2D eigenvalue weighted by molar-refractivity contribution is 0.756. The third-order valence-corrected chi connectivity index (χ3v) is 3.23. The molecule has 0 saturated carbocycles. The molecule has 0 amide bonds. The van der Waals surface area contributed by atoms with E-state index in [1.54, 1.807) is 18.8 Å². The van der Waals surface area contributed by atoms with Crippen molar-refractivity contribution in [1.29, 1.82) is 0 Å². The van der Waals surface area contributed by atoms with Gasteiger partial charge in [0, 0.05) is 18.7 Å². The summed E-state index contributed by atoms with van der Waals surface area (Å²) in [6.07, 6.45) is 3.30. The van der Waals surface area contributed by atoms with Crippen molar-refractivity contribution in [2.45, 2.75) is 24.4 Å². The highest BCUT2D eigenvalue weighted by Crippen LogP contribution is 2.14. The Bertz CT molecular complexity index is 323. The molecule has 1 aromatic rings. The number of hydrogen-bond acceptors (Lipinski definition) is 3. The number of aromatic nitrogens is 3. The predicted octanol–water partition coefficient (Wildman–Crippen LogP) is 1.61. The van der Waals surface area contributed by atoms with Crippen molar-refractivity contribution in [2.24, 2.45) is 7.05 Å². The molecule has 0 atom stereocenters. The number of nitrogens with zero attached hydrogens (tertiary/aromatic N) is 2. The van der Waals surface area contributed by atoms with E-state index in [1.807, 2.05) is 0 Å². The van der Waals surface area contributed by atoms with Crippen molar-refractivity contribution < 1.29 is 0 Å². The average molecular weight is 236 g/mol. The van der Waals surface area contributed by atoms with E-state index in [-0.39, 0.29) is 5.69 Å². The van der Waals surface area contributed by atoms with Crippen molar-refractivity contribution in [3.05, 3.63) is 10.5 Å². The van der Waals surface area contributed by atoms with Gasteiger partial charge in [-0.3, -0.25) is 4.57 Å². The second-order valence-corrected chi connectivity index (χ2v) is 4.41. The van der Waals surface area contributed by atoms with Crippen molar-refractivity contribution in [3.8, 4) is 0 Å². The summed E-state index contributed by atoms with van der Waals surface area (Å²) in [6.45, 7) is 0.